The van der Waals surface area contributed by atoms with Gasteiger partial charge in [0, 0.05) is 29.6 Å². The molecule has 0 fully saturated rings. The molecule has 0 atom stereocenters. The molecule has 0 aromatic heterocycles. The zero-order valence-electron chi connectivity index (χ0n) is 6.06. The fourth-order valence-electron chi connectivity index (χ4n) is 0.299. The summed E-state index contributed by atoms with van der Waals surface area (Å²) in [6.45, 7) is -0.00167. The molecule has 0 heterocycles. The number of aliphatic hydroxyl groups excluding tert-OH is 1. The van der Waals surface area contributed by atoms with E-state index in [-0.39, 0.29) is 47.7 Å². The topological polar surface area (TPSA) is 82.1 Å². The summed E-state index contributed by atoms with van der Waals surface area (Å²) in [5, 5.41) is 29.6. The van der Waals surface area contributed by atoms with Gasteiger partial charge in [0.1, 0.15) is 0 Å². The minimum absolute atomic E-state index is 0. The van der Waals surface area contributed by atoms with Crippen LogP contribution in [0.4, 0.5) is 0 Å². The minimum atomic E-state index is -0.148. The smallest absolute Gasteiger partial charge is 0.230 e. The molecule has 0 aliphatic rings. The van der Waals surface area contributed by atoms with Crippen LogP contribution in [0.1, 0.15) is 0 Å². The van der Waals surface area contributed by atoms with Gasteiger partial charge in [-0.15, -0.1) is 5.01 Å². The second-order valence-corrected chi connectivity index (χ2v) is 1.45. The first-order chi connectivity index (χ1) is 4.22. The van der Waals surface area contributed by atoms with Crippen molar-refractivity contribution in [1.29, 1.82) is 0 Å². The molecule has 6 nitrogen and oxygen atoms in total. The molecule has 2 N–H and O–H groups in total. The summed E-state index contributed by atoms with van der Waals surface area (Å²) in [6.07, 6.45) is 0. The molecular formula is C3H9N3NaO3. The van der Waals surface area contributed by atoms with Gasteiger partial charge >= 0.3 is 0 Å². The summed E-state index contributed by atoms with van der Waals surface area (Å²) in [6, 6.07) is 0. The molecular weight excluding hydrogens is 149 g/mol. The summed E-state index contributed by atoms with van der Waals surface area (Å²) in [5.74, 6) is 0. The summed E-state index contributed by atoms with van der Waals surface area (Å²) in [7, 11) is 1.39. The van der Waals surface area contributed by atoms with Gasteiger partial charge in [-0.05, 0) is 0 Å². The molecule has 0 unspecified atom stereocenters. The van der Waals surface area contributed by atoms with Crippen LogP contribution in [0, 0.1) is 5.21 Å². The number of hydrogen-bond acceptors (Lipinski definition) is 3. The van der Waals surface area contributed by atoms with Gasteiger partial charge in [0.2, 0.25) is 5.28 Å². The van der Waals surface area contributed by atoms with Gasteiger partial charge in [-0.25, -0.2) is 0 Å². The van der Waals surface area contributed by atoms with Crippen LogP contribution in [-0.4, -0.2) is 70.0 Å². The Kier molecular flexibility index (Phi) is 8.92. The third-order valence-electron chi connectivity index (χ3n) is 0.792. The molecule has 0 spiro atoms. The van der Waals surface area contributed by atoms with Crippen molar-refractivity contribution in [1.82, 2.24) is 5.01 Å². The Hall–Kier alpha value is -0.0400. The van der Waals surface area contributed by atoms with Gasteiger partial charge in [0.25, 0.3) is 0 Å². The van der Waals surface area contributed by atoms with E-state index in [0.717, 1.165) is 5.01 Å². The Balaban J connectivity index is 0. The van der Waals surface area contributed by atoms with Crippen molar-refractivity contribution in [2.45, 2.75) is 0 Å². The molecule has 0 bridgehead atoms. The maximum absolute atomic E-state index is 10.2. The van der Waals surface area contributed by atoms with Crippen LogP contribution in [-0.2, 0) is 0 Å². The van der Waals surface area contributed by atoms with E-state index in [1.165, 1.54) is 7.05 Å². The molecule has 55 valence electrons. The van der Waals surface area contributed by atoms with Gasteiger partial charge in [0.15, 0.2) is 0 Å². The molecule has 0 aliphatic heterocycles. The Morgan fingerprint density at radius 2 is 2.20 bits per heavy atom. The van der Waals surface area contributed by atoms with E-state index in [1.807, 2.05) is 0 Å². The molecule has 0 aliphatic carbocycles. The Morgan fingerprint density at radius 3 is 2.50 bits per heavy atom. The van der Waals surface area contributed by atoms with E-state index in [9.17, 15) is 5.21 Å². The van der Waals surface area contributed by atoms with E-state index in [4.69, 9.17) is 10.3 Å². The molecule has 0 saturated heterocycles. The van der Waals surface area contributed by atoms with E-state index in [2.05, 4.69) is 5.28 Å². The molecule has 0 aromatic rings. The number of hydrogen-bond donors (Lipinski definition) is 2. The van der Waals surface area contributed by atoms with Crippen LogP contribution >= 0.6 is 0 Å². The summed E-state index contributed by atoms with van der Waals surface area (Å²) >= 11 is 0. The second-order valence-electron chi connectivity index (χ2n) is 1.45. The van der Waals surface area contributed by atoms with Crippen molar-refractivity contribution >= 4 is 29.6 Å². The summed E-state index contributed by atoms with van der Waals surface area (Å²) in [4.78, 5) is -0.0176. The molecule has 0 aromatic carbocycles. The van der Waals surface area contributed by atoms with Gasteiger partial charge in [-0.2, -0.15) is 0 Å². The van der Waals surface area contributed by atoms with Crippen LogP contribution in [0.5, 0.6) is 0 Å². The normalized spacial score (nSPS) is 10.4. The van der Waals surface area contributed by atoms with E-state index in [1.54, 1.807) is 0 Å². The van der Waals surface area contributed by atoms with Crippen LogP contribution < -0.4 is 0 Å². The van der Waals surface area contributed by atoms with Crippen molar-refractivity contribution in [3.8, 4) is 0 Å². The van der Waals surface area contributed by atoms with E-state index >= 15 is 0 Å². The Bertz CT molecular complexity index is 109. The third-order valence-corrected chi connectivity index (χ3v) is 0.792. The van der Waals surface area contributed by atoms with Gasteiger partial charge in [-0.3, -0.25) is 0 Å². The molecule has 0 saturated carbocycles. The first-order valence-corrected chi connectivity index (χ1v) is 2.36. The van der Waals surface area contributed by atoms with Crippen molar-refractivity contribution in [2.24, 2.45) is 5.28 Å². The molecule has 1 radical (unpaired) electrons. The van der Waals surface area contributed by atoms with Crippen LogP contribution in [0.2, 0.25) is 0 Å². The number of nitrogens with zero attached hydrogens (tertiary/aromatic N) is 3. The van der Waals surface area contributed by atoms with Crippen molar-refractivity contribution in [3.63, 3.8) is 0 Å². The fourth-order valence-corrected chi connectivity index (χ4v) is 0.299. The third kappa shape index (κ3) is 4.80. The molecule has 0 rings (SSSR count). The van der Waals surface area contributed by atoms with Crippen molar-refractivity contribution in [2.75, 3.05) is 20.2 Å². The number of hydrazine groups is 1. The van der Waals surface area contributed by atoms with E-state index < -0.39 is 0 Å². The Morgan fingerprint density at radius 1 is 1.70 bits per heavy atom. The van der Waals surface area contributed by atoms with Crippen LogP contribution in [0.15, 0.2) is 5.28 Å². The van der Waals surface area contributed by atoms with Crippen molar-refractivity contribution in [3.05, 3.63) is 5.21 Å². The van der Waals surface area contributed by atoms with Gasteiger partial charge in [0.05, 0.1) is 25.2 Å². The average Bonchev–Trinajstić information content (AvgIpc) is 1.87. The SMILES string of the molecule is CN(CCO)[N+]([O-])=NO.[Na]. The van der Waals surface area contributed by atoms with Crippen LogP contribution in [0.25, 0.3) is 0 Å². The quantitative estimate of drug-likeness (QED) is 0.234. The average molecular weight is 158 g/mol. The van der Waals surface area contributed by atoms with Gasteiger partial charge < -0.3 is 15.5 Å². The van der Waals surface area contributed by atoms with Gasteiger partial charge in [-0.1, -0.05) is 0 Å². The minimum Gasteiger partial charge on any atom is -0.569 e. The predicted molar refractivity (Wildman–Crippen MR) is 33.3 cm³/mol. The Labute approximate surface area is 80.6 Å². The standard InChI is InChI=1S/C3H9N3O3.Na/c1-5(2-3-7)6(9)4-8;/h7-8H,2-3H2,1H3;. The van der Waals surface area contributed by atoms with E-state index in [0.29, 0.717) is 0 Å². The maximum atomic E-state index is 10.2. The largest absolute Gasteiger partial charge is 0.569 e. The van der Waals surface area contributed by atoms with Crippen molar-refractivity contribution < 1.29 is 15.3 Å². The predicted octanol–water partition coefficient (Wildman–Crippen LogP) is -1.20. The first-order valence-electron chi connectivity index (χ1n) is 2.36. The molecule has 10 heavy (non-hydrogen) atoms. The molecule has 0 amide bonds. The van der Waals surface area contributed by atoms with Crippen LogP contribution in [0.3, 0.4) is 0 Å². The fraction of sp³-hybridized carbons (Fsp3) is 1.00. The molecule has 7 heteroatoms. The number of likely N-dealkylation sites (N-methyl/N-ethyl adjacent to an activating group) is 1. The number of aliphatic hydroxyl groups is 1. The monoisotopic (exact) mass is 158 g/mol. The second kappa shape index (κ2) is 7.07. The summed E-state index contributed by atoms with van der Waals surface area (Å²) in [5.41, 5.74) is 0. The zero-order valence-corrected chi connectivity index (χ0v) is 8.06. The number of rotatable bonds is 3. The first kappa shape index (κ1) is 12.6. The summed E-state index contributed by atoms with van der Waals surface area (Å²) < 4.78 is 0. The maximum Gasteiger partial charge on any atom is 0.230 e. The zero-order chi connectivity index (χ0) is 7.28.